The number of carboxylic acids is 1. The van der Waals surface area contributed by atoms with E-state index in [1.54, 1.807) is 6.92 Å². The van der Waals surface area contributed by atoms with Gasteiger partial charge in [-0.15, -0.1) is 0 Å². The summed E-state index contributed by atoms with van der Waals surface area (Å²) in [7, 11) is 0. The summed E-state index contributed by atoms with van der Waals surface area (Å²) in [4.78, 5) is 9.37. The van der Waals surface area contributed by atoms with Crippen molar-refractivity contribution in [2.45, 2.75) is 20.3 Å². The minimum atomic E-state index is -0.745. The van der Waals surface area contributed by atoms with Gasteiger partial charge in [-0.3, -0.25) is 4.79 Å². The quantitative estimate of drug-likeness (QED) is 0.596. The van der Waals surface area contributed by atoms with E-state index < -0.39 is 5.97 Å². The van der Waals surface area contributed by atoms with Crippen LogP contribution in [0.1, 0.15) is 20.3 Å². The molecule has 0 heterocycles. The van der Waals surface area contributed by atoms with Crippen LogP contribution in [0.5, 0.6) is 0 Å². The SMILES string of the molecule is CCC(=O)O.CCOCCOCCO. The third kappa shape index (κ3) is 22.5. The fraction of sp³-hybridized carbons (Fsp3) is 0.889. The molecule has 2 N–H and O–H groups in total. The molecule has 0 rings (SSSR count). The van der Waals surface area contributed by atoms with Gasteiger partial charge in [0, 0.05) is 13.0 Å². The Labute approximate surface area is 84.6 Å². The van der Waals surface area contributed by atoms with Gasteiger partial charge in [-0.2, -0.15) is 0 Å². The van der Waals surface area contributed by atoms with Crippen molar-refractivity contribution in [3.05, 3.63) is 0 Å². The summed E-state index contributed by atoms with van der Waals surface area (Å²) in [6.07, 6.45) is 0.222. The third-order valence-corrected chi connectivity index (χ3v) is 1.11. The molecule has 0 saturated carbocycles. The lowest BCUT2D eigenvalue weighted by Crippen LogP contribution is -2.06. The standard InChI is InChI=1S/C6H14O3.C3H6O2/c1-2-8-5-6-9-4-3-7;1-2-3(4)5/h7H,2-6H2,1H3;2H2,1H3,(H,4,5). The van der Waals surface area contributed by atoms with E-state index in [1.807, 2.05) is 6.92 Å². The molecule has 5 nitrogen and oxygen atoms in total. The maximum Gasteiger partial charge on any atom is 0.303 e. The minimum Gasteiger partial charge on any atom is -0.481 e. The highest BCUT2D eigenvalue weighted by Gasteiger charge is 1.84. The molecule has 0 aliphatic rings. The van der Waals surface area contributed by atoms with Crippen molar-refractivity contribution in [1.82, 2.24) is 0 Å². The first-order valence-electron chi connectivity index (χ1n) is 4.67. The average Bonchev–Trinajstić information content (AvgIpc) is 2.19. The Morgan fingerprint density at radius 2 is 1.64 bits per heavy atom. The van der Waals surface area contributed by atoms with Crippen LogP contribution in [-0.2, 0) is 14.3 Å². The molecule has 14 heavy (non-hydrogen) atoms. The Morgan fingerprint density at radius 1 is 1.14 bits per heavy atom. The summed E-state index contributed by atoms with van der Waals surface area (Å²) in [5, 5.41) is 16.0. The summed E-state index contributed by atoms with van der Waals surface area (Å²) in [5.41, 5.74) is 0. The highest BCUT2D eigenvalue weighted by atomic mass is 16.5. The monoisotopic (exact) mass is 208 g/mol. The first-order valence-corrected chi connectivity index (χ1v) is 4.67. The van der Waals surface area contributed by atoms with Gasteiger partial charge in [-0.1, -0.05) is 6.92 Å². The number of aliphatic hydroxyl groups excluding tert-OH is 1. The second-order valence-corrected chi connectivity index (χ2v) is 2.28. The lowest BCUT2D eigenvalue weighted by Gasteiger charge is -2.00. The number of hydrogen-bond donors (Lipinski definition) is 2. The third-order valence-electron chi connectivity index (χ3n) is 1.11. The molecule has 0 aromatic heterocycles. The molecule has 0 aromatic rings. The topological polar surface area (TPSA) is 76.0 Å². The molecule has 0 radical (unpaired) electrons. The van der Waals surface area contributed by atoms with E-state index in [2.05, 4.69) is 0 Å². The van der Waals surface area contributed by atoms with E-state index in [9.17, 15) is 4.79 Å². The van der Waals surface area contributed by atoms with E-state index >= 15 is 0 Å². The van der Waals surface area contributed by atoms with E-state index in [1.165, 1.54) is 0 Å². The molecule has 0 aliphatic heterocycles. The minimum absolute atomic E-state index is 0.0894. The zero-order chi connectivity index (χ0) is 11.2. The highest BCUT2D eigenvalue weighted by molar-refractivity contribution is 5.66. The Kier molecular flexibility index (Phi) is 16.8. The van der Waals surface area contributed by atoms with Crippen molar-refractivity contribution >= 4 is 5.97 Å². The van der Waals surface area contributed by atoms with Crippen LogP contribution in [-0.4, -0.2) is 49.2 Å². The summed E-state index contributed by atoms with van der Waals surface area (Å²) in [6.45, 7) is 5.96. The van der Waals surface area contributed by atoms with Crippen molar-refractivity contribution < 1.29 is 24.5 Å². The van der Waals surface area contributed by atoms with Crippen LogP contribution >= 0.6 is 0 Å². The molecule has 0 bridgehead atoms. The van der Waals surface area contributed by atoms with E-state index in [0.29, 0.717) is 19.8 Å². The average molecular weight is 208 g/mol. The van der Waals surface area contributed by atoms with E-state index in [-0.39, 0.29) is 13.0 Å². The van der Waals surface area contributed by atoms with Gasteiger partial charge in [0.25, 0.3) is 0 Å². The van der Waals surface area contributed by atoms with E-state index in [0.717, 1.165) is 6.61 Å². The molecule has 0 atom stereocenters. The zero-order valence-corrected chi connectivity index (χ0v) is 8.86. The number of carboxylic acid groups (broad SMARTS) is 1. The van der Waals surface area contributed by atoms with Gasteiger partial charge in [-0.25, -0.2) is 0 Å². The molecule has 5 heteroatoms. The summed E-state index contributed by atoms with van der Waals surface area (Å²) >= 11 is 0. The van der Waals surface area contributed by atoms with Crippen LogP contribution in [0, 0.1) is 0 Å². The number of aliphatic carboxylic acids is 1. The second-order valence-electron chi connectivity index (χ2n) is 2.28. The maximum atomic E-state index is 9.37. The smallest absolute Gasteiger partial charge is 0.303 e. The largest absolute Gasteiger partial charge is 0.481 e. The van der Waals surface area contributed by atoms with Crippen LogP contribution in [0.25, 0.3) is 0 Å². The number of rotatable bonds is 7. The van der Waals surface area contributed by atoms with Crippen molar-refractivity contribution in [3.63, 3.8) is 0 Å². The lowest BCUT2D eigenvalue weighted by molar-refractivity contribution is -0.136. The first-order chi connectivity index (χ1) is 6.68. The van der Waals surface area contributed by atoms with Gasteiger partial charge in [0.05, 0.1) is 26.4 Å². The molecule has 0 amide bonds. The van der Waals surface area contributed by atoms with Crippen LogP contribution in [0.15, 0.2) is 0 Å². The van der Waals surface area contributed by atoms with Crippen molar-refractivity contribution in [2.75, 3.05) is 33.0 Å². The zero-order valence-electron chi connectivity index (χ0n) is 8.86. The molecular formula is C9H20O5. The Hall–Kier alpha value is -0.650. The Morgan fingerprint density at radius 3 is 2.00 bits per heavy atom. The summed E-state index contributed by atoms with van der Waals surface area (Å²) in [6, 6.07) is 0. The predicted octanol–water partition coefficient (Wildman–Crippen LogP) is 0.513. The van der Waals surface area contributed by atoms with Gasteiger partial charge < -0.3 is 19.7 Å². The Bertz CT molecular complexity index is 110. The van der Waals surface area contributed by atoms with Crippen LogP contribution in [0.2, 0.25) is 0 Å². The van der Waals surface area contributed by atoms with Crippen molar-refractivity contribution in [2.24, 2.45) is 0 Å². The maximum absolute atomic E-state index is 9.37. The Balaban J connectivity index is 0. The fourth-order valence-electron chi connectivity index (χ4n) is 0.429. The molecular weight excluding hydrogens is 188 g/mol. The molecule has 0 saturated heterocycles. The number of carbonyl (C=O) groups is 1. The highest BCUT2D eigenvalue weighted by Crippen LogP contribution is 1.76. The van der Waals surface area contributed by atoms with Gasteiger partial charge >= 0.3 is 5.97 Å². The summed E-state index contributed by atoms with van der Waals surface area (Å²) < 4.78 is 9.88. The van der Waals surface area contributed by atoms with Crippen molar-refractivity contribution in [3.8, 4) is 0 Å². The van der Waals surface area contributed by atoms with Gasteiger partial charge in [-0.05, 0) is 6.92 Å². The summed E-state index contributed by atoms with van der Waals surface area (Å²) in [5.74, 6) is -0.745. The molecule has 0 spiro atoms. The van der Waals surface area contributed by atoms with Gasteiger partial charge in [0.15, 0.2) is 0 Å². The van der Waals surface area contributed by atoms with Gasteiger partial charge in [0.1, 0.15) is 0 Å². The molecule has 0 aromatic carbocycles. The normalized spacial score (nSPS) is 9.07. The fourth-order valence-corrected chi connectivity index (χ4v) is 0.429. The molecule has 0 fully saturated rings. The van der Waals surface area contributed by atoms with Crippen molar-refractivity contribution in [1.29, 1.82) is 0 Å². The lowest BCUT2D eigenvalue weighted by atomic mass is 10.5. The predicted molar refractivity (Wildman–Crippen MR) is 52.3 cm³/mol. The molecule has 86 valence electrons. The molecule has 0 unspecified atom stereocenters. The van der Waals surface area contributed by atoms with Crippen LogP contribution < -0.4 is 0 Å². The first kappa shape index (κ1) is 15.8. The second kappa shape index (κ2) is 14.9. The number of hydrogen-bond acceptors (Lipinski definition) is 4. The van der Waals surface area contributed by atoms with Gasteiger partial charge in [0.2, 0.25) is 0 Å². The van der Waals surface area contributed by atoms with E-state index in [4.69, 9.17) is 19.7 Å². The number of ether oxygens (including phenoxy) is 2. The number of aliphatic hydroxyl groups is 1. The van der Waals surface area contributed by atoms with Crippen LogP contribution in [0.4, 0.5) is 0 Å². The molecule has 0 aliphatic carbocycles. The van der Waals surface area contributed by atoms with Crippen LogP contribution in [0.3, 0.4) is 0 Å².